The summed E-state index contributed by atoms with van der Waals surface area (Å²) in [6.45, 7) is 0. The predicted molar refractivity (Wildman–Crippen MR) is 75.5 cm³/mol. The Hall–Kier alpha value is -2.96. The van der Waals surface area contributed by atoms with Gasteiger partial charge in [0.25, 0.3) is 0 Å². The van der Waals surface area contributed by atoms with Crippen molar-refractivity contribution in [1.29, 1.82) is 0 Å². The fourth-order valence-corrected chi connectivity index (χ4v) is 1.97. The molecule has 0 radical (unpaired) electrons. The number of ether oxygens (including phenoxy) is 1. The van der Waals surface area contributed by atoms with Gasteiger partial charge in [-0.05, 0) is 52.9 Å². The molecule has 21 heavy (non-hydrogen) atoms. The van der Waals surface area contributed by atoms with Crippen molar-refractivity contribution in [2.45, 2.75) is 0 Å². The quantitative estimate of drug-likeness (QED) is 0.745. The summed E-state index contributed by atoms with van der Waals surface area (Å²) < 4.78 is 20.5. The zero-order valence-electron chi connectivity index (χ0n) is 11.2. The van der Waals surface area contributed by atoms with Crippen LogP contribution in [0.25, 0.3) is 17.1 Å². The molecule has 6 nitrogen and oxygen atoms in total. The number of hydrogen-bond acceptors (Lipinski definition) is 5. The zero-order chi connectivity index (χ0) is 14.8. The lowest BCUT2D eigenvalue weighted by atomic mass is 10.1. The number of hydrogen-bond donors (Lipinski definition) is 1. The largest absolute Gasteiger partial charge is 0.497 e. The maximum absolute atomic E-state index is 14.0. The lowest BCUT2D eigenvalue weighted by Gasteiger charge is -2.07. The van der Waals surface area contributed by atoms with Crippen molar-refractivity contribution >= 4 is 5.69 Å². The van der Waals surface area contributed by atoms with Crippen LogP contribution in [0.1, 0.15) is 0 Å². The van der Waals surface area contributed by atoms with Gasteiger partial charge in [-0.3, -0.25) is 0 Å². The van der Waals surface area contributed by atoms with E-state index in [-0.39, 0.29) is 11.4 Å². The molecule has 0 saturated heterocycles. The third-order valence-electron chi connectivity index (χ3n) is 3.02. The van der Waals surface area contributed by atoms with E-state index >= 15 is 0 Å². The Morgan fingerprint density at radius 3 is 2.62 bits per heavy atom. The first-order chi connectivity index (χ1) is 10.2. The first-order valence-corrected chi connectivity index (χ1v) is 6.17. The van der Waals surface area contributed by atoms with E-state index in [1.54, 1.807) is 31.4 Å². The van der Waals surface area contributed by atoms with Crippen molar-refractivity contribution in [2.75, 3.05) is 12.8 Å². The van der Waals surface area contributed by atoms with Crippen LogP contribution in [0.15, 0.2) is 42.5 Å². The fraction of sp³-hybridized carbons (Fsp3) is 0.0714. The van der Waals surface area contributed by atoms with Crippen molar-refractivity contribution in [3.05, 3.63) is 48.3 Å². The van der Waals surface area contributed by atoms with Crippen molar-refractivity contribution in [3.8, 4) is 22.8 Å². The molecule has 0 fully saturated rings. The molecule has 0 amide bonds. The number of halogens is 1. The molecule has 3 aromatic rings. The van der Waals surface area contributed by atoms with Gasteiger partial charge in [-0.15, -0.1) is 5.10 Å². The number of aromatic nitrogens is 4. The second-order valence-corrected chi connectivity index (χ2v) is 4.35. The Balaban J connectivity index is 2.10. The van der Waals surface area contributed by atoms with Crippen LogP contribution in [0.5, 0.6) is 5.75 Å². The zero-order valence-corrected chi connectivity index (χ0v) is 11.2. The lowest BCUT2D eigenvalue weighted by molar-refractivity contribution is 0.414. The maximum atomic E-state index is 14.0. The molecule has 0 atom stereocenters. The summed E-state index contributed by atoms with van der Waals surface area (Å²) in [4.78, 5) is 0. The van der Waals surface area contributed by atoms with E-state index in [1.165, 1.54) is 22.9 Å². The van der Waals surface area contributed by atoms with Gasteiger partial charge in [-0.1, -0.05) is 0 Å². The minimum absolute atomic E-state index is 0.246. The molecule has 0 bridgehead atoms. The first-order valence-electron chi connectivity index (χ1n) is 6.17. The Morgan fingerprint density at radius 2 is 1.90 bits per heavy atom. The molecule has 2 N–H and O–H groups in total. The third kappa shape index (κ3) is 2.40. The summed E-state index contributed by atoms with van der Waals surface area (Å²) in [5.74, 6) is 0.558. The summed E-state index contributed by atoms with van der Waals surface area (Å²) in [5, 5.41) is 11.4. The molecule has 0 aliphatic carbocycles. The molecule has 2 aromatic carbocycles. The van der Waals surface area contributed by atoms with Gasteiger partial charge in [-0.2, -0.15) is 4.68 Å². The molecular weight excluding hydrogens is 273 g/mol. The second-order valence-electron chi connectivity index (χ2n) is 4.35. The highest BCUT2D eigenvalue weighted by atomic mass is 19.1. The summed E-state index contributed by atoms with van der Waals surface area (Å²) >= 11 is 0. The molecule has 1 heterocycles. The molecule has 3 rings (SSSR count). The molecule has 0 aliphatic rings. The molecule has 1 aromatic heterocycles. The van der Waals surface area contributed by atoms with E-state index in [9.17, 15) is 4.39 Å². The molecule has 0 unspecified atom stereocenters. The lowest BCUT2D eigenvalue weighted by Crippen LogP contribution is -2.01. The molecule has 0 saturated carbocycles. The average molecular weight is 285 g/mol. The van der Waals surface area contributed by atoms with E-state index in [2.05, 4.69) is 15.5 Å². The van der Waals surface area contributed by atoms with Crippen LogP contribution in [-0.4, -0.2) is 27.3 Å². The van der Waals surface area contributed by atoms with E-state index in [4.69, 9.17) is 10.5 Å². The number of rotatable bonds is 3. The average Bonchev–Trinajstić information content (AvgIpc) is 2.99. The van der Waals surface area contributed by atoms with E-state index < -0.39 is 5.82 Å². The van der Waals surface area contributed by atoms with Gasteiger partial charge in [-0.25, -0.2) is 4.39 Å². The van der Waals surface area contributed by atoms with E-state index in [0.29, 0.717) is 17.1 Å². The van der Waals surface area contributed by atoms with E-state index in [0.717, 1.165) is 0 Å². The smallest absolute Gasteiger partial charge is 0.190 e. The highest BCUT2D eigenvalue weighted by Crippen LogP contribution is 2.25. The van der Waals surface area contributed by atoms with Crippen LogP contribution < -0.4 is 10.5 Å². The number of anilines is 1. The van der Waals surface area contributed by atoms with Crippen molar-refractivity contribution < 1.29 is 9.13 Å². The highest BCUT2D eigenvalue weighted by Gasteiger charge is 2.15. The van der Waals surface area contributed by atoms with Crippen LogP contribution in [0.4, 0.5) is 10.1 Å². The number of benzene rings is 2. The van der Waals surface area contributed by atoms with Gasteiger partial charge in [0.2, 0.25) is 0 Å². The van der Waals surface area contributed by atoms with Gasteiger partial charge in [0, 0.05) is 5.69 Å². The van der Waals surface area contributed by atoms with Crippen LogP contribution in [0, 0.1) is 5.82 Å². The minimum Gasteiger partial charge on any atom is -0.497 e. The Morgan fingerprint density at radius 1 is 1.14 bits per heavy atom. The van der Waals surface area contributed by atoms with Crippen molar-refractivity contribution in [1.82, 2.24) is 20.2 Å². The standard InChI is InChI=1S/C14H12FN5O/c1-21-11-5-3-10(4-6-11)20-14(17-18-19-20)12-8-9(16)2-7-13(12)15/h2-8H,16H2,1H3. The normalized spacial score (nSPS) is 10.6. The molecule has 0 aliphatic heterocycles. The van der Waals surface area contributed by atoms with Crippen molar-refractivity contribution in [2.24, 2.45) is 0 Å². The van der Waals surface area contributed by atoms with Crippen LogP contribution in [-0.2, 0) is 0 Å². The monoisotopic (exact) mass is 285 g/mol. The van der Waals surface area contributed by atoms with Gasteiger partial charge >= 0.3 is 0 Å². The molecule has 7 heteroatoms. The van der Waals surface area contributed by atoms with E-state index in [1.807, 2.05) is 0 Å². The highest BCUT2D eigenvalue weighted by molar-refractivity contribution is 5.63. The second kappa shape index (κ2) is 5.20. The summed E-state index contributed by atoms with van der Waals surface area (Å²) in [6.07, 6.45) is 0. The van der Waals surface area contributed by atoms with Gasteiger partial charge in [0.15, 0.2) is 5.82 Å². The predicted octanol–water partition coefficient (Wildman–Crippen LogP) is 2.06. The first kappa shape index (κ1) is 13.0. The topological polar surface area (TPSA) is 78.8 Å². The number of nitrogens with two attached hydrogens (primary N) is 1. The summed E-state index contributed by atoms with van der Waals surface area (Å²) in [7, 11) is 1.58. The summed E-state index contributed by atoms with van der Waals surface area (Å²) in [5.41, 5.74) is 7.08. The number of tetrazole rings is 1. The van der Waals surface area contributed by atoms with Crippen molar-refractivity contribution in [3.63, 3.8) is 0 Å². The Bertz CT molecular complexity index is 769. The number of nitrogens with zero attached hydrogens (tertiary/aromatic N) is 4. The Labute approximate surface area is 120 Å². The SMILES string of the molecule is COc1ccc(-n2nnnc2-c2cc(N)ccc2F)cc1. The van der Waals surface area contributed by atoms with Gasteiger partial charge in [0.05, 0.1) is 18.4 Å². The Kier molecular flexibility index (Phi) is 3.23. The van der Waals surface area contributed by atoms with Crippen LogP contribution in [0.3, 0.4) is 0 Å². The van der Waals surface area contributed by atoms with Gasteiger partial charge < -0.3 is 10.5 Å². The third-order valence-corrected chi connectivity index (χ3v) is 3.02. The minimum atomic E-state index is -0.436. The molecular formula is C14H12FN5O. The number of methoxy groups -OCH3 is 1. The molecule has 0 spiro atoms. The summed E-state index contributed by atoms with van der Waals surface area (Å²) in [6, 6.07) is 11.4. The van der Waals surface area contributed by atoms with Crippen LogP contribution >= 0.6 is 0 Å². The maximum Gasteiger partial charge on any atom is 0.190 e. The number of nitrogen functional groups attached to an aromatic ring is 1. The van der Waals surface area contributed by atoms with Crippen LogP contribution in [0.2, 0.25) is 0 Å². The molecule has 106 valence electrons. The fourth-order valence-electron chi connectivity index (χ4n) is 1.97. The van der Waals surface area contributed by atoms with Gasteiger partial charge in [0.1, 0.15) is 11.6 Å².